The van der Waals surface area contributed by atoms with Crippen molar-refractivity contribution in [3.63, 3.8) is 0 Å². The molecule has 0 bridgehead atoms. The van der Waals surface area contributed by atoms with E-state index in [1.54, 1.807) is 0 Å². The smallest absolute Gasteiger partial charge is 0.0251 e. The van der Waals surface area contributed by atoms with Gasteiger partial charge in [0.1, 0.15) is 0 Å². The van der Waals surface area contributed by atoms with Gasteiger partial charge in [-0.05, 0) is 0 Å². The Bertz CT molecular complexity index is 21.2. The first-order valence-electron chi connectivity index (χ1n) is 2.77. The predicted octanol–water partition coefficient (Wildman–Crippen LogP) is -4.43. The Morgan fingerprint density at radius 1 is 1.33 bits per heavy atom. The Morgan fingerprint density at radius 2 is 1.83 bits per heavy atom. The molecule has 0 aromatic rings. The highest BCUT2D eigenvalue weighted by atomic mass is 12.7. The van der Waals surface area contributed by atoms with Gasteiger partial charge in [-0.15, -0.1) is 0 Å². The van der Waals surface area contributed by atoms with E-state index in [1.807, 2.05) is 0 Å². The second-order valence-electron chi connectivity index (χ2n) is 2.18. The van der Waals surface area contributed by atoms with Crippen LogP contribution >= 0.6 is 0 Å². The van der Waals surface area contributed by atoms with Gasteiger partial charge in [-0.2, -0.15) is 0 Å². The summed E-state index contributed by atoms with van der Waals surface area (Å²) in [5, 5.41) is 0. The maximum Gasteiger partial charge on any atom is 0.0597 e. The molecule has 0 aromatic heterocycles. The number of hydrogen-bond donors (Lipinski definition) is 0. The summed E-state index contributed by atoms with van der Waals surface area (Å²) in [4.78, 5) is 0. The van der Waals surface area contributed by atoms with E-state index in [0.717, 1.165) is 6.39 Å². The van der Waals surface area contributed by atoms with Crippen molar-refractivity contribution in [2.24, 2.45) is 0 Å². The highest BCUT2D eigenvalue weighted by Crippen LogP contribution is 1.52. The lowest BCUT2D eigenvalue weighted by molar-refractivity contribution is 3.85. The highest BCUT2D eigenvalue weighted by molar-refractivity contribution is 7.66. The minimum atomic E-state index is 0.898. The van der Waals surface area contributed by atoms with Gasteiger partial charge >= 0.3 is 0 Å². The average molecular weight is 72.9 g/mol. The molecule has 0 nitrogen and oxygen atoms in total. The van der Waals surface area contributed by atoms with Gasteiger partial charge in [0.15, 0.2) is 0 Å². The third-order valence-corrected chi connectivity index (χ3v) is 0.866. The highest BCUT2D eigenvalue weighted by Gasteiger charge is 1.94. The molecule has 0 aliphatic heterocycles. The first-order chi connectivity index (χ1) is 2.77. The van der Waals surface area contributed by atoms with Crippen LogP contribution in [0.4, 0.5) is 0 Å². The van der Waals surface area contributed by atoms with Crippen LogP contribution < -0.4 is 0 Å². The van der Waals surface area contributed by atoms with E-state index in [1.165, 1.54) is 14.1 Å². The third kappa shape index (κ3) is 4.39. The molecule has 0 spiro atoms. The summed E-state index contributed by atoms with van der Waals surface area (Å²) in [6.07, 6.45) is 0.898. The Balaban J connectivity index is 2.63. The molecule has 0 aromatic carbocycles. The largest absolute Gasteiger partial charge is 0.0597 e. The molecule has 0 fully saturated rings. The molecule has 0 heterocycles. The maximum absolute atomic E-state index is 2.25. The van der Waals surface area contributed by atoms with Gasteiger partial charge in [0, 0.05) is 20.5 Å². The molecule has 0 unspecified atom stereocenters. The van der Waals surface area contributed by atoms with Crippen LogP contribution in [0.1, 0.15) is 0 Å². The van der Waals surface area contributed by atoms with E-state index >= 15 is 0 Å². The molecule has 0 saturated carbocycles. The molecule has 0 rings (SSSR count). The summed E-state index contributed by atoms with van der Waals surface area (Å²) in [5.74, 6) is 0. The minimum absolute atomic E-state index is 0.898. The van der Waals surface area contributed by atoms with Crippen LogP contribution in [0.15, 0.2) is 0 Å². The zero-order valence-electron chi connectivity index (χ0n) is 4.99. The van der Waals surface area contributed by atoms with E-state index in [0.29, 0.717) is 0 Å². The number of hydrogen-bond acceptors (Lipinski definition) is 0. The van der Waals surface area contributed by atoms with Gasteiger partial charge in [-0.25, -0.2) is 0 Å². The van der Waals surface area contributed by atoms with Crippen molar-refractivity contribution in [1.82, 2.24) is 0 Å². The topological polar surface area (TPSA) is 0 Å². The van der Waals surface area contributed by atoms with Crippen LogP contribution in [-0.2, 0) is 0 Å². The molecule has 0 amide bonds. The van der Waals surface area contributed by atoms with Crippen LogP contribution in [-0.4, -0.2) is 43.7 Å². The lowest BCUT2D eigenvalue weighted by Gasteiger charge is -1.86. The van der Waals surface area contributed by atoms with Crippen LogP contribution in [0.3, 0.4) is 0 Å². The molecule has 0 aliphatic carbocycles. The van der Waals surface area contributed by atoms with E-state index in [-0.39, 0.29) is 0 Å². The zero-order valence-corrected chi connectivity index (χ0v) is 4.99. The molecular weight excluding hydrogens is 64.9 g/mol. The van der Waals surface area contributed by atoms with E-state index < -0.39 is 0 Å². The Labute approximate surface area is 44.5 Å². The SMILES string of the molecule is BBBB(B)B. The maximum atomic E-state index is 2.25. The quantitative estimate of drug-likeness (QED) is 0.289. The van der Waals surface area contributed by atoms with E-state index in [4.69, 9.17) is 0 Å². The summed E-state index contributed by atoms with van der Waals surface area (Å²) in [6.45, 7) is 0. The van der Waals surface area contributed by atoms with E-state index in [2.05, 4.69) is 23.2 Å². The summed E-state index contributed by atoms with van der Waals surface area (Å²) in [5.41, 5.74) is 0. The van der Waals surface area contributed by atoms with Crippen molar-refractivity contribution in [1.29, 1.82) is 0 Å². The Morgan fingerprint density at radius 3 is 1.83 bits per heavy atom. The molecule has 0 radical (unpaired) electrons. The zero-order chi connectivity index (χ0) is 4.99. The Kier molecular flexibility index (Phi) is 3.81. The van der Waals surface area contributed by atoms with Gasteiger partial charge in [-0.1, -0.05) is 0 Å². The fourth-order valence-electron chi connectivity index (χ4n) is 0.577. The molecule has 6 heavy (non-hydrogen) atoms. The summed E-state index contributed by atoms with van der Waals surface area (Å²) in [6, 6.07) is 0. The van der Waals surface area contributed by atoms with Crippen LogP contribution in [0.25, 0.3) is 0 Å². The van der Waals surface area contributed by atoms with E-state index in [9.17, 15) is 0 Å². The van der Waals surface area contributed by atoms with Crippen molar-refractivity contribution in [3.05, 3.63) is 0 Å². The fraction of sp³-hybridized carbons (Fsp3) is 0. The van der Waals surface area contributed by atoms with Gasteiger partial charge in [0.25, 0.3) is 0 Å². The summed E-state index contributed by atoms with van der Waals surface area (Å²) < 4.78 is 0. The van der Waals surface area contributed by atoms with Crippen LogP contribution in [0.5, 0.6) is 0 Å². The van der Waals surface area contributed by atoms with Gasteiger partial charge in [-0.3, -0.25) is 0 Å². The fourth-order valence-corrected chi connectivity index (χ4v) is 0.577. The minimum Gasteiger partial charge on any atom is 0.0251 e. The van der Waals surface area contributed by atoms with Crippen molar-refractivity contribution >= 4 is 43.7 Å². The third-order valence-electron chi connectivity index (χ3n) is 0.866. The number of rotatable bonds is 2. The first-order valence-corrected chi connectivity index (χ1v) is 2.77. The normalized spacial score (nSPS) is 6.67. The van der Waals surface area contributed by atoms with Crippen molar-refractivity contribution in [2.75, 3.05) is 0 Å². The lowest BCUT2D eigenvalue weighted by atomic mass is 8.91. The summed E-state index contributed by atoms with van der Waals surface area (Å²) in [7, 11) is 9.44. The molecule has 0 N–H and O–H groups in total. The first kappa shape index (κ1) is 6.39. The van der Waals surface area contributed by atoms with Gasteiger partial charge in [0.05, 0.1) is 23.2 Å². The molecule has 0 saturated heterocycles. The van der Waals surface area contributed by atoms with Gasteiger partial charge < -0.3 is 0 Å². The lowest BCUT2D eigenvalue weighted by Crippen LogP contribution is -2.28. The second kappa shape index (κ2) is 3.58. The predicted molar refractivity (Wildman–Crippen MR) is 45.7 cm³/mol. The van der Waals surface area contributed by atoms with Crippen molar-refractivity contribution in [2.45, 2.75) is 0 Å². The van der Waals surface area contributed by atoms with Crippen LogP contribution in [0.2, 0.25) is 0 Å². The molecular formula is H8B6. The van der Waals surface area contributed by atoms with Crippen molar-refractivity contribution in [3.8, 4) is 0 Å². The Hall–Kier alpha value is 0.390. The molecule has 0 atom stereocenters. The molecule has 6 heteroatoms. The standard InChI is InChI=1S/B6H8/c1-4-5-6(2)3/h4-5H,1-3H2. The second-order valence-corrected chi connectivity index (χ2v) is 2.18. The average Bonchev–Trinajstić information content (AvgIpc) is 1.35. The molecule has 26 valence electrons. The monoisotopic (exact) mass is 74.1 g/mol. The van der Waals surface area contributed by atoms with Crippen molar-refractivity contribution < 1.29 is 0 Å². The summed E-state index contributed by atoms with van der Waals surface area (Å²) >= 11 is 0. The van der Waals surface area contributed by atoms with Gasteiger partial charge in [0.2, 0.25) is 0 Å². The molecule has 0 aliphatic rings. The van der Waals surface area contributed by atoms with Crippen LogP contribution in [0, 0.1) is 0 Å².